The maximum atomic E-state index is 13.8. The Morgan fingerprint density at radius 3 is 2.52 bits per heavy atom. The zero-order chi connectivity index (χ0) is 15.6. The van der Waals surface area contributed by atoms with E-state index in [1.165, 1.54) is 17.4 Å². The second kappa shape index (κ2) is 6.58. The Balaban J connectivity index is 2.39. The molecule has 0 fully saturated rings. The Labute approximate surface area is 126 Å². The van der Waals surface area contributed by atoms with Crippen LogP contribution in [0.3, 0.4) is 0 Å². The van der Waals surface area contributed by atoms with Crippen molar-refractivity contribution in [2.24, 2.45) is 0 Å². The summed E-state index contributed by atoms with van der Waals surface area (Å²) in [6.45, 7) is 6.65. The van der Waals surface area contributed by atoms with Gasteiger partial charge in [0.05, 0.1) is 5.69 Å². The van der Waals surface area contributed by atoms with Gasteiger partial charge < -0.3 is 5.32 Å². The molecule has 21 heavy (non-hydrogen) atoms. The van der Waals surface area contributed by atoms with E-state index in [4.69, 9.17) is 0 Å². The lowest BCUT2D eigenvalue weighted by atomic mass is 10.2. The van der Waals surface area contributed by atoms with Gasteiger partial charge in [0, 0.05) is 23.0 Å². The van der Waals surface area contributed by atoms with E-state index in [-0.39, 0.29) is 5.56 Å². The third kappa shape index (κ3) is 3.44. The van der Waals surface area contributed by atoms with Crippen molar-refractivity contribution in [3.63, 3.8) is 0 Å². The molecule has 0 aliphatic heterocycles. The molecule has 2 aromatic rings. The van der Waals surface area contributed by atoms with Crippen LogP contribution in [0.15, 0.2) is 12.1 Å². The molecule has 0 spiro atoms. The number of hydrogen-bond donors (Lipinski definition) is 1. The summed E-state index contributed by atoms with van der Waals surface area (Å²) in [5, 5.41) is 3.66. The summed E-state index contributed by atoms with van der Waals surface area (Å²) in [7, 11) is 0. The molecule has 0 bridgehead atoms. The Morgan fingerprint density at radius 2 is 1.90 bits per heavy atom. The molecule has 0 saturated carbocycles. The Hall–Kier alpha value is -1.40. The first-order valence-electron chi connectivity index (χ1n) is 6.79. The standard InChI is InChI=1S/C15H17F3N2S/c1-4-11-12(7-19-8(2)3)21-15(20-11)9-5-6-10(16)14(18)13(9)17/h5-6,8,19H,4,7H2,1-3H3. The summed E-state index contributed by atoms with van der Waals surface area (Å²) >= 11 is 1.31. The first-order valence-corrected chi connectivity index (χ1v) is 7.61. The summed E-state index contributed by atoms with van der Waals surface area (Å²) in [6, 6.07) is 2.47. The summed E-state index contributed by atoms with van der Waals surface area (Å²) in [5.74, 6) is -3.83. The highest BCUT2D eigenvalue weighted by Crippen LogP contribution is 2.31. The molecule has 0 radical (unpaired) electrons. The van der Waals surface area contributed by atoms with Crippen molar-refractivity contribution in [3.05, 3.63) is 40.2 Å². The van der Waals surface area contributed by atoms with E-state index >= 15 is 0 Å². The molecule has 0 aliphatic rings. The van der Waals surface area contributed by atoms with Gasteiger partial charge in [-0.3, -0.25) is 0 Å². The summed E-state index contributed by atoms with van der Waals surface area (Å²) in [4.78, 5) is 5.35. The van der Waals surface area contributed by atoms with Crippen molar-refractivity contribution in [3.8, 4) is 10.6 Å². The molecule has 2 rings (SSSR count). The van der Waals surface area contributed by atoms with E-state index in [0.29, 0.717) is 24.0 Å². The van der Waals surface area contributed by atoms with E-state index in [9.17, 15) is 13.2 Å². The minimum atomic E-state index is -1.46. The van der Waals surface area contributed by atoms with Crippen LogP contribution in [0.1, 0.15) is 31.3 Å². The van der Waals surface area contributed by atoms with Gasteiger partial charge in [0.2, 0.25) is 0 Å². The maximum Gasteiger partial charge on any atom is 0.195 e. The van der Waals surface area contributed by atoms with Crippen molar-refractivity contribution in [2.45, 2.75) is 39.8 Å². The Bertz CT molecular complexity index is 638. The lowest BCUT2D eigenvalue weighted by molar-refractivity contribution is 0.449. The number of aryl methyl sites for hydroxylation is 1. The molecular weight excluding hydrogens is 297 g/mol. The van der Waals surface area contributed by atoms with Crippen LogP contribution in [0.4, 0.5) is 13.2 Å². The third-order valence-electron chi connectivity index (χ3n) is 3.05. The number of hydrogen-bond acceptors (Lipinski definition) is 3. The first-order chi connectivity index (χ1) is 9.93. The molecule has 0 unspecified atom stereocenters. The van der Waals surface area contributed by atoms with Gasteiger partial charge in [0.1, 0.15) is 5.01 Å². The minimum Gasteiger partial charge on any atom is -0.310 e. The van der Waals surface area contributed by atoms with Crippen LogP contribution in [-0.2, 0) is 13.0 Å². The predicted octanol–water partition coefficient (Wildman–Crippen LogP) is 4.29. The van der Waals surface area contributed by atoms with Crippen molar-refractivity contribution in [1.82, 2.24) is 10.3 Å². The number of benzene rings is 1. The van der Waals surface area contributed by atoms with Crippen LogP contribution in [0, 0.1) is 17.5 Å². The van der Waals surface area contributed by atoms with Gasteiger partial charge >= 0.3 is 0 Å². The van der Waals surface area contributed by atoms with Gasteiger partial charge in [-0.15, -0.1) is 11.3 Å². The number of thiazole rings is 1. The third-order valence-corrected chi connectivity index (χ3v) is 4.18. The first kappa shape index (κ1) is 16.0. The fourth-order valence-corrected chi connectivity index (χ4v) is 3.02. The highest BCUT2D eigenvalue weighted by atomic mass is 32.1. The average molecular weight is 314 g/mol. The fourth-order valence-electron chi connectivity index (χ4n) is 1.90. The molecule has 0 atom stereocenters. The number of nitrogens with zero attached hydrogens (tertiary/aromatic N) is 1. The van der Waals surface area contributed by atoms with Crippen LogP contribution in [0.5, 0.6) is 0 Å². The fraction of sp³-hybridized carbons (Fsp3) is 0.400. The van der Waals surface area contributed by atoms with Gasteiger partial charge in [-0.1, -0.05) is 20.8 Å². The zero-order valence-electron chi connectivity index (χ0n) is 12.1. The lowest BCUT2D eigenvalue weighted by Gasteiger charge is -2.06. The van der Waals surface area contributed by atoms with Crippen LogP contribution in [0.25, 0.3) is 10.6 Å². The number of nitrogens with one attached hydrogen (secondary N) is 1. The Kier molecular flexibility index (Phi) is 5.00. The summed E-state index contributed by atoms with van der Waals surface area (Å²) < 4.78 is 40.2. The maximum absolute atomic E-state index is 13.8. The minimum absolute atomic E-state index is 0.00407. The van der Waals surface area contributed by atoms with E-state index in [0.717, 1.165) is 16.6 Å². The molecule has 1 N–H and O–H groups in total. The molecule has 1 aromatic heterocycles. The van der Waals surface area contributed by atoms with Crippen molar-refractivity contribution < 1.29 is 13.2 Å². The second-order valence-corrected chi connectivity index (χ2v) is 6.08. The van der Waals surface area contributed by atoms with E-state index in [1.54, 1.807) is 0 Å². The van der Waals surface area contributed by atoms with E-state index in [2.05, 4.69) is 10.3 Å². The highest BCUT2D eigenvalue weighted by molar-refractivity contribution is 7.15. The SMILES string of the molecule is CCc1nc(-c2ccc(F)c(F)c2F)sc1CNC(C)C. The molecule has 6 heteroatoms. The number of aromatic nitrogens is 1. The van der Waals surface area contributed by atoms with Crippen LogP contribution in [-0.4, -0.2) is 11.0 Å². The van der Waals surface area contributed by atoms with Crippen molar-refractivity contribution in [1.29, 1.82) is 0 Å². The quantitative estimate of drug-likeness (QED) is 0.833. The van der Waals surface area contributed by atoms with Crippen molar-refractivity contribution >= 4 is 11.3 Å². The smallest absolute Gasteiger partial charge is 0.195 e. The molecule has 0 aliphatic carbocycles. The molecule has 2 nitrogen and oxygen atoms in total. The molecule has 1 aromatic carbocycles. The van der Waals surface area contributed by atoms with Gasteiger partial charge in [-0.2, -0.15) is 0 Å². The number of halogens is 3. The molecular formula is C15H17F3N2S. The van der Waals surface area contributed by atoms with Gasteiger partial charge in [-0.25, -0.2) is 18.2 Å². The molecule has 114 valence electrons. The largest absolute Gasteiger partial charge is 0.310 e. The van der Waals surface area contributed by atoms with Gasteiger partial charge in [-0.05, 0) is 18.6 Å². The monoisotopic (exact) mass is 314 g/mol. The topological polar surface area (TPSA) is 24.9 Å². The highest BCUT2D eigenvalue weighted by Gasteiger charge is 2.19. The second-order valence-electron chi connectivity index (χ2n) is 5.00. The molecule has 0 saturated heterocycles. The van der Waals surface area contributed by atoms with Crippen LogP contribution >= 0.6 is 11.3 Å². The molecule has 1 heterocycles. The lowest BCUT2D eigenvalue weighted by Crippen LogP contribution is -2.21. The number of rotatable bonds is 5. The van der Waals surface area contributed by atoms with Crippen LogP contribution in [0.2, 0.25) is 0 Å². The van der Waals surface area contributed by atoms with Crippen molar-refractivity contribution in [2.75, 3.05) is 0 Å². The predicted molar refractivity (Wildman–Crippen MR) is 78.8 cm³/mol. The average Bonchev–Trinajstić information content (AvgIpc) is 2.85. The zero-order valence-corrected chi connectivity index (χ0v) is 13.0. The van der Waals surface area contributed by atoms with Crippen LogP contribution < -0.4 is 5.32 Å². The van der Waals surface area contributed by atoms with Gasteiger partial charge in [0.15, 0.2) is 17.5 Å². The Morgan fingerprint density at radius 1 is 1.19 bits per heavy atom. The summed E-state index contributed by atoms with van der Waals surface area (Å²) in [5.41, 5.74) is 0.858. The molecule has 0 amide bonds. The summed E-state index contributed by atoms with van der Waals surface area (Å²) in [6.07, 6.45) is 0.705. The van der Waals surface area contributed by atoms with Gasteiger partial charge in [0.25, 0.3) is 0 Å². The normalized spacial score (nSPS) is 11.4. The van der Waals surface area contributed by atoms with E-state index in [1.807, 2.05) is 20.8 Å². The van der Waals surface area contributed by atoms with E-state index < -0.39 is 17.5 Å².